The van der Waals surface area contributed by atoms with E-state index in [1.54, 1.807) is 31.2 Å². The van der Waals surface area contributed by atoms with E-state index in [1.807, 2.05) is 19.1 Å². The zero-order valence-electron chi connectivity index (χ0n) is 19.3. The minimum Gasteiger partial charge on any atom is -0.493 e. The standard InChI is InChI=1S/C24H23BrN2O7S/c1-4-33-22(29)13-34-19-11-17(25)15(9-18(19)32-3)10-20-23(30)27(24(31)35-20)12-21(28)26-16-7-5-14(2)6-8-16/h5-11H,4,12-13H2,1-3H3,(H,26,28). The molecule has 184 valence electrons. The highest BCUT2D eigenvalue weighted by Crippen LogP contribution is 2.38. The van der Waals surface area contributed by atoms with Crippen LogP contribution in [-0.2, 0) is 19.1 Å². The molecule has 0 bridgehead atoms. The summed E-state index contributed by atoms with van der Waals surface area (Å²) in [7, 11) is 1.44. The van der Waals surface area contributed by atoms with Gasteiger partial charge in [0.15, 0.2) is 18.1 Å². The van der Waals surface area contributed by atoms with Crippen LogP contribution >= 0.6 is 27.7 Å². The number of anilines is 1. The summed E-state index contributed by atoms with van der Waals surface area (Å²) in [5.74, 6) is -0.961. The summed E-state index contributed by atoms with van der Waals surface area (Å²) in [6.07, 6.45) is 1.52. The van der Waals surface area contributed by atoms with E-state index in [1.165, 1.54) is 13.2 Å². The predicted octanol–water partition coefficient (Wildman–Crippen LogP) is 4.38. The molecule has 35 heavy (non-hydrogen) atoms. The molecule has 3 amide bonds. The number of thioether (sulfide) groups is 1. The van der Waals surface area contributed by atoms with E-state index >= 15 is 0 Å². The minimum atomic E-state index is -0.576. The molecule has 0 unspecified atom stereocenters. The average Bonchev–Trinajstić information content (AvgIpc) is 3.08. The number of imide groups is 1. The lowest BCUT2D eigenvalue weighted by atomic mass is 10.2. The fourth-order valence-electron chi connectivity index (χ4n) is 3.03. The normalized spacial score (nSPS) is 14.3. The number of carbonyl (C=O) groups is 4. The lowest BCUT2D eigenvalue weighted by Gasteiger charge is -2.13. The Bertz CT molecular complexity index is 1180. The Morgan fingerprint density at radius 2 is 1.86 bits per heavy atom. The molecule has 9 nitrogen and oxygen atoms in total. The van der Waals surface area contributed by atoms with Gasteiger partial charge in [0.1, 0.15) is 6.54 Å². The summed E-state index contributed by atoms with van der Waals surface area (Å²) in [5.41, 5.74) is 2.16. The first kappa shape index (κ1) is 26.3. The van der Waals surface area contributed by atoms with Crippen LogP contribution in [-0.4, -0.2) is 54.8 Å². The van der Waals surface area contributed by atoms with E-state index in [4.69, 9.17) is 14.2 Å². The van der Waals surface area contributed by atoms with Gasteiger partial charge in [0.2, 0.25) is 5.91 Å². The van der Waals surface area contributed by atoms with Crippen LogP contribution in [0.5, 0.6) is 11.5 Å². The number of ether oxygens (including phenoxy) is 3. The van der Waals surface area contributed by atoms with E-state index in [0.29, 0.717) is 27.2 Å². The number of hydrogen-bond donors (Lipinski definition) is 1. The van der Waals surface area contributed by atoms with Crippen LogP contribution in [0.1, 0.15) is 18.1 Å². The number of nitrogens with zero attached hydrogens (tertiary/aromatic N) is 1. The second kappa shape index (κ2) is 11.9. The van der Waals surface area contributed by atoms with Crippen LogP contribution in [0.4, 0.5) is 10.5 Å². The van der Waals surface area contributed by atoms with Crippen molar-refractivity contribution < 1.29 is 33.4 Å². The molecule has 3 rings (SSSR count). The Labute approximate surface area is 214 Å². The Kier molecular flexibility index (Phi) is 8.94. The third-order valence-corrected chi connectivity index (χ3v) is 6.33. The maximum absolute atomic E-state index is 12.8. The number of rotatable bonds is 9. The number of hydrogen-bond acceptors (Lipinski definition) is 8. The molecule has 1 heterocycles. The van der Waals surface area contributed by atoms with Gasteiger partial charge in [-0.25, -0.2) is 4.79 Å². The number of methoxy groups -OCH3 is 1. The molecule has 0 atom stereocenters. The van der Waals surface area contributed by atoms with Crippen LogP contribution in [0.2, 0.25) is 0 Å². The van der Waals surface area contributed by atoms with Crippen LogP contribution in [0, 0.1) is 6.92 Å². The molecule has 2 aromatic carbocycles. The molecule has 0 radical (unpaired) electrons. The lowest BCUT2D eigenvalue weighted by Crippen LogP contribution is -2.36. The molecule has 2 aromatic rings. The fraction of sp³-hybridized carbons (Fsp3) is 0.250. The van der Waals surface area contributed by atoms with Crippen LogP contribution in [0.3, 0.4) is 0 Å². The maximum atomic E-state index is 12.8. The summed E-state index contributed by atoms with van der Waals surface area (Å²) in [5, 5.41) is 2.13. The van der Waals surface area contributed by atoms with E-state index in [9.17, 15) is 19.2 Å². The highest BCUT2D eigenvalue weighted by Gasteiger charge is 2.36. The lowest BCUT2D eigenvalue weighted by molar-refractivity contribution is -0.145. The number of aryl methyl sites for hydroxylation is 1. The molecule has 1 aliphatic heterocycles. The molecule has 11 heteroatoms. The monoisotopic (exact) mass is 562 g/mol. The van der Waals surface area contributed by atoms with Gasteiger partial charge in [-0.05, 0) is 61.5 Å². The minimum absolute atomic E-state index is 0.154. The molecule has 0 saturated carbocycles. The van der Waals surface area contributed by atoms with Crippen LogP contribution < -0.4 is 14.8 Å². The summed E-state index contributed by atoms with van der Waals surface area (Å²) in [6, 6.07) is 10.4. The number of benzene rings is 2. The van der Waals surface area contributed by atoms with Gasteiger partial charge in [-0.15, -0.1) is 0 Å². The molecular formula is C24H23BrN2O7S. The van der Waals surface area contributed by atoms with Gasteiger partial charge in [-0.1, -0.05) is 33.6 Å². The molecule has 1 aliphatic rings. The number of carbonyl (C=O) groups excluding carboxylic acids is 4. The Morgan fingerprint density at radius 3 is 2.51 bits per heavy atom. The van der Waals surface area contributed by atoms with Crippen molar-refractivity contribution in [2.75, 3.05) is 32.2 Å². The van der Waals surface area contributed by atoms with Crippen molar-refractivity contribution in [1.82, 2.24) is 4.90 Å². The quantitative estimate of drug-likeness (QED) is 0.354. The first-order valence-electron chi connectivity index (χ1n) is 10.5. The molecule has 0 aromatic heterocycles. The zero-order chi connectivity index (χ0) is 25.5. The SMILES string of the molecule is CCOC(=O)COc1cc(Br)c(C=C2SC(=O)N(CC(=O)Nc3ccc(C)cc3)C2=O)cc1OC. The Morgan fingerprint density at radius 1 is 1.14 bits per heavy atom. The summed E-state index contributed by atoms with van der Waals surface area (Å²) in [6.45, 7) is 3.17. The van der Waals surface area contributed by atoms with Gasteiger partial charge in [0.05, 0.1) is 18.6 Å². The molecule has 1 saturated heterocycles. The van der Waals surface area contributed by atoms with Crippen molar-refractivity contribution in [2.45, 2.75) is 13.8 Å². The van der Waals surface area contributed by atoms with E-state index in [0.717, 1.165) is 22.2 Å². The molecule has 0 aliphatic carbocycles. The number of nitrogens with one attached hydrogen (secondary N) is 1. The van der Waals surface area contributed by atoms with Crippen molar-refractivity contribution in [3.8, 4) is 11.5 Å². The zero-order valence-corrected chi connectivity index (χ0v) is 21.7. The first-order valence-corrected chi connectivity index (χ1v) is 12.1. The van der Waals surface area contributed by atoms with Crippen LogP contribution in [0.15, 0.2) is 45.8 Å². The molecule has 1 fully saturated rings. The smallest absolute Gasteiger partial charge is 0.344 e. The van der Waals surface area contributed by atoms with Crippen molar-refractivity contribution in [3.05, 3.63) is 56.9 Å². The van der Waals surface area contributed by atoms with Gasteiger partial charge in [0.25, 0.3) is 11.1 Å². The highest BCUT2D eigenvalue weighted by molar-refractivity contribution is 9.10. The van der Waals surface area contributed by atoms with Gasteiger partial charge in [0, 0.05) is 10.2 Å². The number of esters is 1. The number of amides is 3. The third kappa shape index (κ3) is 6.86. The predicted molar refractivity (Wildman–Crippen MR) is 135 cm³/mol. The summed E-state index contributed by atoms with van der Waals surface area (Å²) in [4.78, 5) is 50.3. The van der Waals surface area contributed by atoms with E-state index in [-0.39, 0.29) is 18.1 Å². The molecule has 1 N–H and O–H groups in total. The highest BCUT2D eigenvalue weighted by atomic mass is 79.9. The Hall–Kier alpha value is -3.31. The van der Waals surface area contributed by atoms with Gasteiger partial charge in [-0.3, -0.25) is 19.3 Å². The molecule has 0 spiro atoms. The number of halogens is 1. The van der Waals surface area contributed by atoms with Crippen LogP contribution in [0.25, 0.3) is 6.08 Å². The first-order chi connectivity index (χ1) is 16.7. The van der Waals surface area contributed by atoms with Gasteiger partial charge in [-0.2, -0.15) is 0 Å². The van der Waals surface area contributed by atoms with Gasteiger partial charge < -0.3 is 19.5 Å². The second-order valence-electron chi connectivity index (χ2n) is 7.30. The average molecular weight is 563 g/mol. The van der Waals surface area contributed by atoms with E-state index < -0.39 is 29.6 Å². The van der Waals surface area contributed by atoms with Crippen molar-refractivity contribution >= 4 is 62.5 Å². The molecular weight excluding hydrogens is 540 g/mol. The summed E-state index contributed by atoms with van der Waals surface area (Å²) >= 11 is 4.15. The van der Waals surface area contributed by atoms with Crippen molar-refractivity contribution in [1.29, 1.82) is 0 Å². The maximum Gasteiger partial charge on any atom is 0.344 e. The third-order valence-electron chi connectivity index (χ3n) is 4.73. The second-order valence-corrected chi connectivity index (χ2v) is 9.15. The van der Waals surface area contributed by atoms with Crippen molar-refractivity contribution in [2.24, 2.45) is 0 Å². The van der Waals surface area contributed by atoms with Gasteiger partial charge >= 0.3 is 5.97 Å². The fourth-order valence-corrected chi connectivity index (χ4v) is 4.30. The topological polar surface area (TPSA) is 111 Å². The van der Waals surface area contributed by atoms with E-state index in [2.05, 4.69) is 21.2 Å². The largest absolute Gasteiger partial charge is 0.493 e. The van der Waals surface area contributed by atoms with Crippen molar-refractivity contribution in [3.63, 3.8) is 0 Å². The summed E-state index contributed by atoms with van der Waals surface area (Å²) < 4.78 is 16.2. The Balaban J connectivity index is 1.72.